The number of thioether (sulfide) groups is 2. The third-order valence-corrected chi connectivity index (χ3v) is 6.92. The molecule has 0 N–H and O–H groups in total. The van der Waals surface area contributed by atoms with Crippen LogP contribution in [0.2, 0.25) is 5.02 Å². The lowest BCUT2D eigenvalue weighted by molar-refractivity contribution is -0.129. The monoisotopic (exact) mass is 392 g/mol. The number of carbonyl (C=O) groups excluding carboxylic acids is 1. The third-order valence-electron chi connectivity index (χ3n) is 4.18. The summed E-state index contributed by atoms with van der Waals surface area (Å²) in [5.74, 6) is 0.578. The molecule has 0 radical (unpaired) electrons. The molecule has 2 aromatic rings. The second-order valence-electron chi connectivity index (χ2n) is 5.87. The van der Waals surface area contributed by atoms with E-state index in [0.717, 1.165) is 26.8 Å². The first-order chi connectivity index (χ1) is 12.0. The van der Waals surface area contributed by atoms with Gasteiger partial charge in [-0.1, -0.05) is 23.4 Å². The molecule has 25 heavy (non-hydrogen) atoms. The Labute approximate surface area is 158 Å². The molecule has 2 heterocycles. The largest absolute Gasteiger partial charge is 0.273 e. The van der Waals surface area contributed by atoms with Crippen molar-refractivity contribution in [2.75, 3.05) is 5.75 Å². The van der Waals surface area contributed by atoms with Gasteiger partial charge in [0, 0.05) is 39.0 Å². The predicted octanol–water partition coefficient (Wildman–Crippen LogP) is 4.89. The van der Waals surface area contributed by atoms with E-state index >= 15 is 0 Å². The van der Waals surface area contributed by atoms with Gasteiger partial charge in [0.1, 0.15) is 11.2 Å². The molecule has 2 atom stereocenters. The minimum absolute atomic E-state index is 0.102. The Bertz CT molecular complexity index is 872. The number of rotatable bonds is 2. The number of benzene rings is 2. The maximum Gasteiger partial charge on any atom is 0.240 e. The van der Waals surface area contributed by atoms with Crippen molar-refractivity contribution in [3.05, 3.63) is 58.9 Å². The fourth-order valence-electron chi connectivity index (χ4n) is 3.01. The molecule has 0 bridgehead atoms. The molecule has 0 saturated carbocycles. The van der Waals surface area contributed by atoms with Crippen LogP contribution in [0.4, 0.5) is 4.39 Å². The molecule has 2 aliphatic heterocycles. The van der Waals surface area contributed by atoms with Gasteiger partial charge in [-0.3, -0.25) is 4.79 Å². The normalized spacial score (nSPS) is 21.6. The van der Waals surface area contributed by atoms with Crippen LogP contribution >= 0.6 is 35.1 Å². The number of hydrogen-bond donors (Lipinski definition) is 0. The Morgan fingerprint density at radius 1 is 1.32 bits per heavy atom. The van der Waals surface area contributed by atoms with Gasteiger partial charge in [0.2, 0.25) is 5.91 Å². The van der Waals surface area contributed by atoms with Crippen molar-refractivity contribution in [3.63, 3.8) is 0 Å². The van der Waals surface area contributed by atoms with E-state index in [4.69, 9.17) is 11.6 Å². The number of carbonyl (C=O) groups is 1. The Hall–Kier alpha value is -1.50. The molecule has 2 aromatic carbocycles. The van der Waals surface area contributed by atoms with E-state index < -0.39 is 0 Å². The van der Waals surface area contributed by atoms with E-state index in [1.54, 1.807) is 28.9 Å². The highest BCUT2D eigenvalue weighted by atomic mass is 35.5. The van der Waals surface area contributed by atoms with Crippen molar-refractivity contribution in [1.29, 1.82) is 0 Å². The lowest BCUT2D eigenvalue weighted by atomic mass is 9.98. The number of nitrogens with zero attached hydrogens (tertiary/aromatic N) is 2. The van der Waals surface area contributed by atoms with Crippen LogP contribution < -0.4 is 0 Å². The highest BCUT2D eigenvalue weighted by Crippen LogP contribution is 2.45. The fourth-order valence-corrected chi connectivity index (χ4v) is 5.74. The number of fused-ring (bicyclic) bond motifs is 3. The van der Waals surface area contributed by atoms with Gasteiger partial charge < -0.3 is 0 Å². The maximum absolute atomic E-state index is 13.2. The van der Waals surface area contributed by atoms with Crippen molar-refractivity contribution < 1.29 is 9.18 Å². The van der Waals surface area contributed by atoms with Crippen molar-refractivity contribution in [2.24, 2.45) is 11.0 Å². The van der Waals surface area contributed by atoms with Gasteiger partial charge >= 0.3 is 0 Å². The smallest absolute Gasteiger partial charge is 0.240 e. The number of hydrogen-bond acceptors (Lipinski definition) is 4. The minimum atomic E-state index is -0.270. The summed E-state index contributed by atoms with van der Waals surface area (Å²) >= 11 is 9.45. The quantitative estimate of drug-likeness (QED) is 0.729. The molecule has 7 heteroatoms. The summed E-state index contributed by atoms with van der Waals surface area (Å²) in [6.07, 6.45) is 0. The molecule has 0 aromatic heterocycles. The van der Waals surface area contributed by atoms with Crippen LogP contribution in [-0.4, -0.2) is 27.8 Å². The van der Waals surface area contributed by atoms with Crippen molar-refractivity contribution in [1.82, 2.24) is 5.01 Å². The first-order valence-corrected chi connectivity index (χ1v) is 10.0. The Morgan fingerprint density at radius 3 is 2.80 bits per heavy atom. The molecule has 0 unspecified atom stereocenters. The molecule has 0 spiro atoms. The standard InChI is InChI=1S/C18H14ClFN2OS2/c1-10(23)22-18(25-13-5-3-12(20)4-6-13)15-9-24-16-7-2-11(19)8-14(16)17(15)21-22/h2-8,15,18H,9H2,1H3/t15-,18+/m1/s1. The van der Waals surface area contributed by atoms with Crippen LogP contribution in [0.15, 0.2) is 57.4 Å². The molecule has 4 rings (SSSR count). The van der Waals surface area contributed by atoms with Gasteiger partial charge in [0.15, 0.2) is 0 Å². The van der Waals surface area contributed by atoms with Crippen LogP contribution in [0, 0.1) is 11.7 Å². The summed E-state index contributed by atoms with van der Waals surface area (Å²) < 4.78 is 13.2. The lowest BCUT2D eigenvalue weighted by Crippen LogP contribution is -2.35. The minimum Gasteiger partial charge on any atom is -0.273 e. The van der Waals surface area contributed by atoms with E-state index in [9.17, 15) is 9.18 Å². The second kappa shape index (κ2) is 6.67. The average Bonchev–Trinajstić information content (AvgIpc) is 2.96. The molecule has 2 aliphatic rings. The van der Waals surface area contributed by atoms with E-state index in [1.165, 1.54) is 30.8 Å². The summed E-state index contributed by atoms with van der Waals surface area (Å²) in [6, 6.07) is 12.1. The Morgan fingerprint density at radius 2 is 2.08 bits per heavy atom. The molecule has 0 saturated heterocycles. The zero-order valence-corrected chi connectivity index (χ0v) is 15.7. The second-order valence-corrected chi connectivity index (χ2v) is 8.56. The zero-order chi connectivity index (χ0) is 17.6. The molecule has 1 amide bonds. The van der Waals surface area contributed by atoms with Gasteiger partial charge in [-0.15, -0.1) is 11.8 Å². The molecule has 3 nitrogen and oxygen atoms in total. The van der Waals surface area contributed by atoms with Crippen molar-refractivity contribution in [3.8, 4) is 0 Å². The summed E-state index contributed by atoms with van der Waals surface area (Å²) in [5.41, 5.74) is 1.91. The lowest BCUT2D eigenvalue weighted by Gasteiger charge is -2.28. The van der Waals surface area contributed by atoms with E-state index in [0.29, 0.717) is 5.02 Å². The zero-order valence-electron chi connectivity index (χ0n) is 13.3. The van der Waals surface area contributed by atoms with Gasteiger partial charge in [-0.05, 0) is 42.5 Å². The molecule has 0 fully saturated rings. The summed E-state index contributed by atoms with van der Waals surface area (Å²) in [4.78, 5) is 14.2. The van der Waals surface area contributed by atoms with Gasteiger partial charge in [-0.25, -0.2) is 9.40 Å². The first kappa shape index (κ1) is 16.9. The van der Waals surface area contributed by atoms with Gasteiger partial charge in [0.05, 0.1) is 5.71 Å². The van der Waals surface area contributed by atoms with Crippen molar-refractivity contribution >= 4 is 46.7 Å². The molecular weight excluding hydrogens is 379 g/mol. The number of halogens is 2. The van der Waals surface area contributed by atoms with Gasteiger partial charge in [-0.2, -0.15) is 5.10 Å². The predicted molar refractivity (Wildman–Crippen MR) is 101 cm³/mol. The van der Waals surface area contributed by atoms with Crippen LogP contribution in [0.25, 0.3) is 0 Å². The third kappa shape index (κ3) is 3.18. The summed E-state index contributed by atoms with van der Waals surface area (Å²) in [5, 5.41) is 6.68. The van der Waals surface area contributed by atoms with E-state index in [2.05, 4.69) is 5.10 Å². The van der Waals surface area contributed by atoms with Crippen LogP contribution in [0.3, 0.4) is 0 Å². The highest BCUT2D eigenvalue weighted by Gasteiger charge is 2.43. The van der Waals surface area contributed by atoms with Crippen LogP contribution in [0.5, 0.6) is 0 Å². The average molecular weight is 393 g/mol. The maximum atomic E-state index is 13.2. The van der Waals surface area contributed by atoms with E-state index in [-0.39, 0.29) is 23.0 Å². The molecule has 0 aliphatic carbocycles. The topological polar surface area (TPSA) is 32.7 Å². The number of amides is 1. The molecule has 128 valence electrons. The summed E-state index contributed by atoms with van der Waals surface area (Å²) in [7, 11) is 0. The fraction of sp³-hybridized carbons (Fsp3) is 0.222. The van der Waals surface area contributed by atoms with Gasteiger partial charge in [0.25, 0.3) is 0 Å². The van der Waals surface area contributed by atoms with E-state index in [1.807, 2.05) is 18.2 Å². The SMILES string of the molecule is CC(=O)N1N=C2c3cc(Cl)ccc3SC[C@H]2[C@@H]1Sc1ccc(F)cc1. The Balaban J connectivity index is 1.70. The number of hydrazone groups is 1. The highest BCUT2D eigenvalue weighted by molar-refractivity contribution is 8.00. The van der Waals surface area contributed by atoms with Crippen LogP contribution in [-0.2, 0) is 4.79 Å². The Kier molecular flexibility index (Phi) is 4.52. The first-order valence-electron chi connectivity index (χ1n) is 7.76. The summed E-state index contributed by atoms with van der Waals surface area (Å²) in [6.45, 7) is 1.52. The van der Waals surface area contributed by atoms with Crippen molar-refractivity contribution in [2.45, 2.75) is 22.1 Å². The molecular formula is C18H14ClFN2OS2. The van der Waals surface area contributed by atoms with Crippen LogP contribution in [0.1, 0.15) is 12.5 Å².